The van der Waals surface area contributed by atoms with Gasteiger partial charge in [0.15, 0.2) is 11.8 Å². The number of morpholine rings is 1. The number of ether oxygens (including phenoxy) is 1. The number of carbonyl (C=O) groups is 1. The molecule has 1 saturated heterocycles. The van der Waals surface area contributed by atoms with Gasteiger partial charge in [0.25, 0.3) is 11.7 Å². The largest absolute Gasteiger partial charge is 0.453 e. The minimum Gasteiger partial charge on any atom is -0.365 e. The van der Waals surface area contributed by atoms with E-state index >= 15 is 0 Å². The number of hydrogen-bond acceptors (Lipinski definition) is 7. The summed E-state index contributed by atoms with van der Waals surface area (Å²) in [5.41, 5.74) is 1.17. The number of anilines is 1. The summed E-state index contributed by atoms with van der Waals surface area (Å²) in [6, 6.07) is 5.04. The van der Waals surface area contributed by atoms with E-state index in [-0.39, 0.29) is 24.7 Å². The van der Waals surface area contributed by atoms with Crippen LogP contribution in [-0.4, -0.2) is 63.0 Å². The molecule has 0 bridgehead atoms. The summed E-state index contributed by atoms with van der Waals surface area (Å²) in [6.07, 6.45) is -4.54. The molecule has 1 fully saturated rings. The van der Waals surface area contributed by atoms with E-state index in [1.807, 2.05) is 11.4 Å². The van der Waals surface area contributed by atoms with Crippen molar-refractivity contribution < 1.29 is 22.7 Å². The number of alkyl halides is 3. The van der Waals surface area contributed by atoms with Gasteiger partial charge in [0.2, 0.25) is 0 Å². The van der Waals surface area contributed by atoms with Crippen molar-refractivity contribution in [1.82, 2.24) is 24.7 Å². The number of halogens is 3. The fourth-order valence-corrected chi connectivity index (χ4v) is 4.66. The van der Waals surface area contributed by atoms with Crippen LogP contribution >= 0.6 is 11.3 Å². The number of thiophene rings is 1. The summed E-state index contributed by atoms with van der Waals surface area (Å²) in [6.45, 7) is 2.10. The van der Waals surface area contributed by atoms with Gasteiger partial charge in [-0.25, -0.2) is 0 Å². The van der Waals surface area contributed by atoms with Crippen LogP contribution in [0.4, 0.5) is 19.0 Å². The number of hydrogen-bond donors (Lipinski definition) is 0. The maximum absolute atomic E-state index is 13.1. The van der Waals surface area contributed by atoms with Crippen LogP contribution in [0.1, 0.15) is 16.3 Å². The number of fused-ring (bicyclic) bond motifs is 2. The van der Waals surface area contributed by atoms with E-state index in [4.69, 9.17) is 4.74 Å². The number of carbonyl (C=O) groups excluding carboxylic acids is 1. The molecule has 2 aliphatic rings. The molecular weight excluding hydrogens is 421 g/mol. The average molecular weight is 438 g/mol. The molecule has 5 rings (SSSR count). The predicted octanol–water partition coefficient (Wildman–Crippen LogP) is 1.99. The van der Waals surface area contributed by atoms with Crippen LogP contribution in [-0.2, 0) is 28.7 Å². The van der Waals surface area contributed by atoms with Crippen molar-refractivity contribution in [2.24, 2.45) is 0 Å². The molecule has 0 spiro atoms. The van der Waals surface area contributed by atoms with Crippen LogP contribution in [0.25, 0.3) is 5.65 Å². The Kier molecular flexibility index (Phi) is 4.62. The van der Waals surface area contributed by atoms with Crippen LogP contribution in [0.3, 0.4) is 0 Å². The first-order chi connectivity index (χ1) is 14.4. The quantitative estimate of drug-likeness (QED) is 0.609. The average Bonchev–Trinajstić information content (AvgIpc) is 3.38. The Bertz CT molecular complexity index is 1100. The zero-order valence-electron chi connectivity index (χ0n) is 15.7. The zero-order valence-corrected chi connectivity index (χ0v) is 16.5. The van der Waals surface area contributed by atoms with Crippen LogP contribution in [0, 0.1) is 0 Å². The van der Waals surface area contributed by atoms with Gasteiger partial charge in [0.05, 0.1) is 13.2 Å². The Morgan fingerprint density at radius 2 is 2.07 bits per heavy atom. The van der Waals surface area contributed by atoms with Gasteiger partial charge in [-0.1, -0.05) is 0 Å². The highest BCUT2D eigenvalue weighted by Crippen LogP contribution is 2.28. The monoisotopic (exact) mass is 438 g/mol. The number of amides is 1. The summed E-state index contributed by atoms with van der Waals surface area (Å²) < 4.78 is 45.8. The lowest BCUT2D eigenvalue weighted by Gasteiger charge is -2.36. The van der Waals surface area contributed by atoms with Gasteiger partial charge < -0.3 is 14.5 Å². The molecule has 2 aliphatic heterocycles. The first kappa shape index (κ1) is 19.2. The summed E-state index contributed by atoms with van der Waals surface area (Å²) >= 11 is 1.70. The van der Waals surface area contributed by atoms with Gasteiger partial charge >= 0.3 is 6.18 Å². The molecule has 1 atom stereocenters. The third kappa shape index (κ3) is 3.39. The van der Waals surface area contributed by atoms with Gasteiger partial charge in [-0.2, -0.15) is 17.7 Å². The predicted molar refractivity (Wildman–Crippen MR) is 101 cm³/mol. The molecule has 1 amide bonds. The van der Waals surface area contributed by atoms with E-state index < -0.39 is 18.1 Å². The summed E-state index contributed by atoms with van der Waals surface area (Å²) in [7, 11) is 0. The highest BCUT2D eigenvalue weighted by atomic mass is 32.1. The fraction of sp³-hybridized carbons (Fsp3) is 0.444. The second-order valence-corrected chi connectivity index (χ2v) is 8.17. The Balaban J connectivity index is 1.35. The van der Waals surface area contributed by atoms with Crippen molar-refractivity contribution in [2.45, 2.75) is 25.2 Å². The summed E-state index contributed by atoms with van der Waals surface area (Å²) in [5, 5.41) is 12.8. The van der Waals surface area contributed by atoms with Gasteiger partial charge in [0.1, 0.15) is 5.82 Å². The highest BCUT2D eigenvalue weighted by molar-refractivity contribution is 7.10. The Morgan fingerprint density at radius 1 is 1.20 bits per heavy atom. The van der Waals surface area contributed by atoms with Crippen LogP contribution in [0.5, 0.6) is 0 Å². The van der Waals surface area contributed by atoms with E-state index in [0.29, 0.717) is 30.0 Å². The minimum atomic E-state index is -4.66. The van der Waals surface area contributed by atoms with E-state index in [1.54, 1.807) is 27.2 Å². The van der Waals surface area contributed by atoms with Crippen molar-refractivity contribution in [3.05, 3.63) is 39.8 Å². The molecule has 0 N–H and O–H groups in total. The molecule has 5 heterocycles. The second-order valence-electron chi connectivity index (χ2n) is 7.17. The lowest BCUT2D eigenvalue weighted by atomic mass is 10.1. The summed E-state index contributed by atoms with van der Waals surface area (Å²) in [5.74, 6) is -0.981. The third-order valence-corrected chi connectivity index (χ3v) is 6.31. The third-order valence-electron chi connectivity index (χ3n) is 5.29. The van der Waals surface area contributed by atoms with Crippen LogP contribution < -0.4 is 4.90 Å². The number of aromatic nitrogens is 4. The van der Waals surface area contributed by atoms with E-state index in [2.05, 4.69) is 15.3 Å². The lowest BCUT2D eigenvalue weighted by Crippen LogP contribution is -2.52. The van der Waals surface area contributed by atoms with Crippen molar-refractivity contribution in [2.75, 3.05) is 31.1 Å². The van der Waals surface area contributed by atoms with Crippen LogP contribution in [0.2, 0.25) is 0 Å². The molecule has 158 valence electrons. The molecule has 0 saturated carbocycles. The first-order valence-electron chi connectivity index (χ1n) is 9.40. The van der Waals surface area contributed by atoms with Crippen molar-refractivity contribution in [3.63, 3.8) is 0 Å². The van der Waals surface area contributed by atoms with Gasteiger partial charge in [-0.3, -0.25) is 4.79 Å². The van der Waals surface area contributed by atoms with Gasteiger partial charge in [-0.05, 0) is 35.6 Å². The molecule has 8 nitrogen and oxygen atoms in total. The minimum absolute atomic E-state index is 0.00634. The topological polar surface area (TPSA) is 75.9 Å². The fourth-order valence-electron chi connectivity index (χ4n) is 3.77. The van der Waals surface area contributed by atoms with E-state index in [0.717, 1.165) is 12.0 Å². The molecule has 3 aromatic heterocycles. The number of rotatable bonds is 2. The van der Waals surface area contributed by atoms with Gasteiger partial charge in [-0.15, -0.1) is 26.6 Å². The smallest absolute Gasteiger partial charge is 0.365 e. The Hall–Kier alpha value is -2.73. The molecule has 3 aromatic rings. The molecule has 30 heavy (non-hydrogen) atoms. The molecule has 0 radical (unpaired) electrons. The first-order valence-corrected chi connectivity index (χ1v) is 10.3. The maximum atomic E-state index is 13.1. The van der Waals surface area contributed by atoms with Crippen molar-refractivity contribution >= 4 is 28.7 Å². The van der Waals surface area contributed by atoms with Crippen LogP contribution in [0.15, 0.2) is 23.6 Å². The number of nitrogens with zero attached hydrogens (tertiary/aromatic N) is 6. The molecule has 0 aliphatic carbocycles. The Labute approximate surface area is 172 Å². The normalized spacial score (nSPS) is 19.9. The van der Waals surface area contributed by atoms with Crippen molar-refractivity contribution in [1.29, 1.82) is 0 Å². The SMILES string of the molecule is O=C(C1CN(c2ccc3nnc(C(F)(F)F)n3n2)CCO1)N1CCc2sccc2C1. The standard InChI is InChI=1S/C18H17F3N6O2S/c19-18(20,21)17-23-22-14-1-2-15(24-27(14)17)25-6-7-29-12(10-25)16(28)26-5-3-13-11(9-26)4-8-30-13/h1-2,4,8,12H,3,5-7,9-10H2. The maximum Gasteiger partial charge on any atom is 0.453 e. The van der Waals surface area contributed by atoms with E-state index in [9.17, 15) is 18.0 Å². The zero-order chi connectivity index (χ0) is 20.9. The van der Waals surface area contributed by atoms with Gasteiger partial charge in [0, 0.05) is 24.5 Å². The van der Waals surface area contributed by atoms with E-state index in [1.165, 1.54) is 10.9 Å². The summed E-state index contributed by atoms with van der Waals surface area (Å²) in [4.78, 5) is 17.8. The molecule has 1 unspecified atom stereocenters. The molecular formula is C18H17F3N6O2S. The Morgan fingerprint density at radius 3 is 2.90 bits per heavy atom. The molecule has 0 aromatic carbocycles. The van der Waals surface area contributed by atoms with Crippen molar-refractivity contribution in [3.8, 4) is 0 Å². The lowest BCUT2D eigenvalue weighted by molar-refractivity contribution is -0.146. The highest BCUT2D eigenvalue weighted by Gasteiger charge is 2.38. The second kappa shape index (κ2) is 7.20. The molecule has 12 heteroatoms.